The molecule has 0 fully saturated rings. The fourth-order valence-corrected chi connectivity index (χ4v) is 3.24. The number of rotatable bonds is 2. The van der Waals surface area contributed by atoms with E-state index in [2.05, 4.69) is 79.3 Å². The van der Waals surface area contributed by atoms with Gasteiger partial charge in [-0.3, -0.25) is 4.57 Å². The van der Waals surface area contributed by atoms with E-state index in [9.17, 15) is 0 Å². The van der Waals surface area contributed by atoms with Gasteiger partial charge in [0.15, 0.2) is 0 Å². The molecule has 3 heteroatoms. The van der Waals surface area contributed by atoms with Gasteiger partial charge in [0.25, 0.3) is 0 Å². The van der Waals surface area contributed by atoms with Crippen LogP contribution in [-0.2, 0) is 39.8 Å². The Hall–Kier alpha value is -1.76. The molecule has 4 rings (SSSR count). The fraction of sp³-hybridized carbons (Fsp3) is 0.0870. The average Bonchev–Trinajstić information content (AvgIpc) is 2.62. The Morgan fingerprint density at radius 3 is 2.23 bits per heavy atom. The minimum absolute atomic E-state index is 0. The van der Waals surface area contributed by atoms with Crippen molar-refractivity contribution < 1.29 is 37.3 Å². The van der Waals surface area contributed by atoms with Crippen LogP contribution in [0.1, 0.15) is 5.56 Å². The number of benzene rings is 3. The van der Waals surface area contributed by atoms with Crippen LogP contribution in [0.15, 0.2) is 72.9 Å². The number of nitrogens with zero attached hydrogens (tertiary/aromatic N) is 1. The zero-order valence-electron chi connectivity index (χ0n) is 15.0. The van der Waals surface area contributed by atoms with E-state index in [-0.39, 0.29) is 41.1 Å². The summed E-state index contributed by atoms with van der Waals surface area (Å²) in [5.74, 6) is 0. The molecule has 0 aliphatic carbocycles. The molecule has 1 aromatic heterocycles. The SMILES string of the molecule is Cc1cc2ccccc2cc1-c1c(-c2[c-]cccc2)[c-]cc[n+]1C.[B].[Y]. The van der Waals surface area contributed by atoms with E-state index in [0.29, 0.717) is 0 Å². The summed E-state index contributed by atoms with van der Waals surface area (Å²) in [6, 6.07) is 29.8. The molecule has 0 aliphatic heterocycles. The van der Waals surface area contributed by atoms with Gasteiger partial charge in [-0.2, -0.15) is 35.9 Å². The minimum atomic E-state index is 0. The Morgan fingerprint density at radius 2 is 1.54 bits per heavy atom. The molecule has 0 N–H and O–H groups in total. The van der Waals surface area contributed by atoms with Crippen LogP contribution in [0.25, 0.3) is 33.2 Å². The van der Waals surface area contributed by atoms with Crippen molar-refractivity contribution in [2.75, 3.05) is 0 Å². The molecule has 1 nitrogen and oxygen atoms in total. The minimum Gasteiger partial charge on any atom is -0.289 e. The van der Waals surface area contributed by atoms with Crippen LogP contribution in [0.5, 0.6) is 0 Å². The molecule has 0 bridgehead atoms. The first kappa shape index (κ1) is 20.5. The third-order valence-electron chi connectivity index (χ3n) is 4.44. The van der Waals surface area contributed by atoms with E-state index in [0.717, 1.165) is 11.1 Å². The van der Waals surface area contributed by atoms with Crippen molar-refractivity contribution in [1.29, 1.82) is 0 Å². The molecule has 0 aliphatic rings. The van der Waals surface area contributed by atoms with E-state index >= 15 is 0 Å². The Morgan fingerprint density at radius 1 is 0.846 bits per heavy atom. The largest absolute Gasteiger partial charge is 0.289 e. The molecule has 1 heterocycles. The van der Waals surface area contributed by atoms with Crippen LogP contribution in [0.2, 0.25) is 0 Å². The zero-order valence-corrected chi connectivity index (χ0v) is 17.9. The van der Waals surface area contributed by atoms with Crippen LogP contribution in [0.3, 0.4) is 0 Å². The van der Waals surface area contributed by atoms with E-state index in [4.69, 9.17) is 0 Å². The molecule has 0 saturated heterocycles. The van der Waals surface area contributed by atoms with Gasteiger partial charge in [0.2, 0.25) is 0 Å². The first-order chi connectivity index (χ1) is 11.7. The first-order valence-electron chi connectivity index (χ1n) is 8.11. The van der Waals surface area contributed by atoms with Crippen molar-refractivity contribution in [3.63, 3.8) is 0 Å². The fourth-order valence-electron chi connectivity index (χ4n) is 3.24. The van der Waals surface area contributed by atoms with E-state index < -0.39 is 0 Å². The van der Waals surface area contributed by atoms with Gasteiger partial charge in [0, 0.05) is 41.1 Å². The van der Waals surface area contributed by atoms with Crippen molar-refractivity contribution in [1.82, 2.24) is 0 Å². The number of hydrogen-bond donors (Lipinski definition) is 0. The molecule has 4 radical (unpaired) electrons. The average molecular weight is 408 g/mol. The second kappa shape index (κ2) is 8.75. The second-order valence-corrected chi connectivity index (χ2v) is 6.09. The Balaban J connectivity index is 0.00000121. The first-order valence-corrected chi connectivity index (χ1v) is 8.11. The maximum absolute atomic E-state index is 3.42. The van der Waals surface area contributed by atoms with Crippen molar-refractivity contribution in [2.24, 2.45) is 7.05 Å². The topological polar surface area (TPSA) is 3.88 Å². The van der Waals surface area contributed by atoms with Gasteiger partial charge in [-0.1, -0.05) is 42.5 Å². The normalized spacial score (nSPS) is 10.1. The van der Waals surface area contributed by atoms with E-state index in [1.54, 1.807) is 0 Å². The van der Waals surface area contributed by atoms with Crippen molar-refractivity contribution in [3.05, 3.63) is 90.6 Å². The van der Waals surface area contributed by atoms with Crippen LogP contribution >= 0.6 is 0 Å². The summed E-state index contributed by atoms with van der Waals surface area (Å²) in [5.41, 5.74) is 5.82. The van der Waals surface area contributed by atoms with Crippen LogP contribution < -0.4 is 4.57 Å². The van der Waals surface area contributed by atoms with Crippen LogP contribution in [0.4, 0.5) is 0 Å². The molecular weight excluding hydrogens is 390 g/mol. The van der Waals surface area contributed by atoms with Gasteiger partial charge in [-0.05, 0) is 28.8 Å². The predicted molar refractivity (Wildman–Crippen MR) is 104 cm³/mol. The van der Waals surface area contributed by atoms with Gasteiger partial charge in [-0.25, -0.2) is 5.56 Å². The Labute approximate surface area is 182 Å². The molecule has 4 aromatic rings. The molecule has 0 spiro atoms. The number of hydrogen-bond acceptors (Lipinski definition) is 0. The summed E-state index contributed by atoms with van der Waals surface area (Å²) in [7, 11) is 2.09. The smallest absolute Gasteiger partial charge is 0.120 e. The maximum Gasteiger partial charge on any atom is 0.120 e. The summed E-state index contributed by atoms with van der Waals surface area (Å²) >= 11 is 0. The monoisotopic (exact) mass is 408 g/mol. The number of aromatic nitrogens is 1. The van der Waals surface area contributed by atoms with Crippen molar-refractivity contribution in [3.8, 4) is 22.4 Å². The summed E-state index contributed by atoms with van der Waals surface area (Å²) < 4.78 is 2.17. The summed E-state index contributed by atoms with van der Waals surface area (Å²) in [5, 5.41) is 2.53. The number of aryl methyl sites for hydroxylation is 2. The zero-order chi connectivity index (χ0) is 16.5. The van der Waals surface area contributed by atoms with Gasteiger partial charge >= 0.3 is 0 Å². The molecule has 3 aromatic carbocycles. The molecular formula is C23H18BNY-. The summed E-state index contributed by atoms with van der Waals surface area (Å²) in [6.07, 6.45) is 2.05. The maximum atomic E-state index is 3.42. The molecule has 0 unspecified atom stereocenters. The van der Waals surface area contributed by atoms with Gasteiger partial charge in [0.1, 0.15) is 7.05 Å². The second-order valence-electron chi connectivity index (χ2n) is 6.09. The van der Waals surface area contributed by atoms with Gasteiger partial charge in [0.05, 0.1) is 11.9 Å². The van der Waals surface area contributed by atoms with Gasteiger partial charge in [-0.15, -0.1) is 6.07 Å². The molecule has 0 saturated carbocycles. The molecule has 122 valence electrons. The van der Waals surface area contributed by atoms with Gasteiger partial charge < -0.3 is 0 Å². The van der Waals surface area contributed by atoms with Crippen LogP contribution in [-0.4, -0.2) is 8.41 Å². The van der Waals surface area contributed by atoms with E-state index in [1.807, 2.05) is 24.3 Å². The summed E-state index contributed by atoms with van der Waals surface area (Å²) in [6.45, 7) is 2.17. The summed E-state index contributed by atoms with van der Waals surface area (Å²) in [4.78, 5) is 0. The number of pyridine rings is 1. The Kier molecular flexibility index (Phi) is 6.92. The van der Waals surface area contributed by atoms with Crippen molar-refractivity contribution in [2.45, 2.75) is 6.92 Å². The van der Waals surface area contributed by atoms with Crippen molar-refractivity contribution >= 4 is 19.2 Å². The Bertz CT molecular complexity index is 1030. The quantitative estimate of drug-likeness (QED) is 0.261. The van der Waals surface area contributed by atoms with E-state index in [1.165, 1.54) is 27.6 Å². The molecule has 26 heavy (non-hydrogen) atoms. The van der Waals surface area contributed by atoms with Crippen LogP contribution in [0, 0.1) is 19.1 Å². The standard InChI is InChI=1S/C23H18N.B.Y/c1-17-15-19-11-6-7-12-20(19)16-22(17)23-21(13-8-14-24(23)2)18-9-4-3-5-10-18;;/h3-9,11-12,14-16H,1-2H3;;/q-1;;. The molecule has 0 atom stereocenters. The third kappa shape index (κ3) is 3.82. The number of fused-ring (bicyclic) bond motifs is 1. The third-order valence-corrected chi connectivity index (χ3v) is 4.44. The predicted octanol–water partition coefficient (Wildman–Crippen LogP) is 4.52. The molecule has 0 amide bonds.